The second kappa shape index (κ2) is 16.9. The number of hydrogen-bond donors (Lipinski definition) is 0. The summed E-state index contributed by atoms with van der Waals surface area (Å²) in [4.78, 5) is 0. The van der Waals surface area contributed by atoms with Crippen molar-refractivity contribution >= 4 is 71.8 Å². The van der Waals surface area contributed by atoms with E-state index < -0.39 is 0 Å². The molecule has 0 fully saturated rings. The second-order valence-corrected chi connectivity index (χ2v) is 0. The molecule has 0 amide bonds. The van der Waals surface area contributed by atoms with E-state index in [-0.39, 0.29) is 96.9 Å². The van der Waals surface area contributed by atoms with Gasteiger partial charge in [0, 0.05) is 19.5 Å². The Kier molecular flexibility index (Phi) is 122. The summed E-state index contributed by atoms with van der Waals surface area (Å²) < 4.78 is 0. The third-order valence-electron chi connectivity index (χ3n) is 0. The van der Waals surface area contributed by atoms with Crippen molar-refractivity contribution in [3.8, 4) is 0 Å². The van der Waals surface area contributed by atoms with Crippen LogP contribution in [0.1, 0.15) is 5.71 Å². The SMILES string of the molecule is [Ca+2].[H-].[H-].[H-].[H-].[Mg+2].[SiH3].[Zn]. The Hall–Kier alpha value is 2.87. The summed E-state index contributed by atoms with van der Waals surface area (Å²) in [6.07, 6.45) is 0. The van der Waals surface area contributed by atoms with Gasteiger partial charge in [0.05, 0.1) is 0 Å². The third kappa shape index (κ3) is 8.85. The molecule has 0 aliphatic heterocycles. The van der Waals surface area contributed by atoms with Crippen LogP contribution in [0.3, 0.4) is 0 Å². The van der Waals surface area contributed by atoms with E-state index in [9.17, 15) is 0 Å². The summed E-state index contributed by atoms with van der Waals surface area (Å²) in [5.41, 5.74) is 0. The van der Waals surface area contributed by atoms with Crippen LogP contribution in [0.15, 0.2) is 0 Å². The average molecular weight is 165 g/mol. The standard InChI is InChI=1S/Ca.Mg.H3Si.Zn.4H/h;;1H3;;;;;/q2*+2;;;4*-1. The monoisotopic (exact) mass is 163 g/mol. The van der Waals surface area contributed by atoms with E-state index >= 15 is 0 Å². The van der Waals surface area contributed by atoms with Gasteiger partial charge in [-0.1, -0.05) is 0 Å². The molecule has 0 aromatic rings. The molecule has 17 valence electrons. The minimum Gasteiger partial charge on any atom is -1.00 e. The molecule has 0 bridgehead atoms. The van der Waals surface area contributed by atoms with Crippen LogP contribution in [0.4, 0.5) is 0 Å². The van der Waals surface area contributed by atoms with E-state index in [1.54, 1.807) is 0 Å². The number of rotatable bonds is 0. The topological polar surface area (TPSA) is 0 Å². The minimum atomic E-state index is 0. The number of hydrogen-bond acceptors (Lipinski definition) is 0. The Bertz CT molecular complexity index is 16.0. The fourth-order valence-corrected chi connectivity index (χ4v) is 0. The molecule has 0 saturated heterocycles. The summed E-state index contributed by atoms with van der Waals surface area (Å²) in [5, 5.41) is 0. The van der Waals surface area contributed by atoms with E-state index in [1.807, 2.05) is 0 Å². The molecule has 0 aromatic heterocycles. The Balaban J connectivity index is 0. The Morgan fingerprint density at radius 2 is 1.25 bits per heavy atom. The van der Waals surface area contributed by atoms with Gasteiger partial charge in [-0.25, -0.2) is 0 Å². The molecule has 0 unspecified atom stereocenters. The molecule has 0 rings (SSSR count). The first-order valence-electron chi connectivity index (χ1n) is 0. The first-order valence-corrected chi connectivity index (χ1v) is 0. The normalized spacial score (nSPS) is 0. The molecule has 4 heteroatoms. The molecular weight excluding hydrogens is 158 g/mol. The van der Waals surface area contributed by atoms with Gasteiger partial charge in [0.15, 0.2) is 0 Å². The van der Waals surface area contributed by atoms with Crippen LogP contribution in [-0.2, 0) is 19.5 Å². The molecule has 4 heavy (non-hydrogen) atoms. The van der Waals surface area contributed by atoms with E-state index in [0.29, 0.717) is 0 Å². The van der Waals surface area contributed by atoms with E-state index in [4.69, 9.17) is 0 Å². The summed E-state index contributed by atoms with van der Waals surface area (Å²) in [5.74, 6) is 0. The van der Waals surface area contributed by atoms with Crippen LogP contribution in [-0.4, -0.2) is 71.8 Å². The zero-order valence-electron chi connectivity index (χ0n) is 7.12. The predicted octanol–water partition coefficient (Wildman–Crippen LogP) is -1.50. The zero-order chi connectivity index (χ0) is 0. The quantitative estimate of drug-likeness (QED) is 0.383. The second-order valence-electron chi connectivity index (χ2n) is 0. The van der Waals surface area contributed by atoms with E-state index in [1.165, 1.54) is 0 Å². The van der Waals surface area contributed by atoms with Crippen LogP contribution < -0.4 is 0 Å². The summed E-state index contributed by atoms with van der Waals surface area (Å²) in [6.45, 7) is 0. The van der Waals surface area contributed by atoms with Crippen molar-refractivity contribution in [1.29, 1.82) is 0 Å². The first-order chi connectivity index (χ1) is 0. The molecule has 0 heterocycles. The fourth-order valence-electron chi connectivity index (χ4n) is 0. The van der Waals surface area contributed by atoms with Crippen molar-refractivity contribution in [2.45, 2.75) is 0 Å². The maximum atomic E-state index is 0. The van der Waals surface area contributed by atoms with E-state index in [0.717, 1.165) is 0 Å². The average Bonchev–Trinajstić information content (AvgIpc) is 0. The molecule has 0 saturated carbocycles. The molecule has 0 aliphatic rings. The van der Waals surface area contributed by atoms with Crippen molar-refractivity contribution < 1.29 is 25.2 Å². The van der Waals surface area contributed by atoms with Crippen LogP contribution in [0, 0.1) is 0 Å². The van der Waals surface area contributed by atoms with Crippen LogP contribution >= 0.6 is 0 Å². The molecule has 0 nitrogen and oxygen atoms in total. The molecule has 0 N–H and O–H groups in total. The fraction of sp³-hybridized carbons (Fsp3) is 0. The largest absolute Gasteiger partial charge is 2.00 e. The first kappa shape index (κ1) is 28.8. The van der Waals surface area contributed by atoms with Crippen molar-refractivity contribution in [3.05, 3.63) is 0 Å². The summed E-state index contributed by atoms with van der Waals surface area (Å²) in [7, 11) is 0. The van der Waals surface area contributed by atoms with Crippen molar-refractivity contribution in [1.82, 2.24) is 0 Å². The minimum absolute atomic E-state index is 0. The maximum Gasteiger partial charge on any atom is 2.00 e. The van der Waals surface area contributed by atoms with Gasteiger partial charge in [-0.05, 0) is 11.0 Å². The van der Waals surface area contributed by atoms with Gasteiger partial charge >= 0.3 is 60.8 Å². The van der Waals surface area contributed by atoms with Gasteiger partial charge in [0.2, 0.25) is 0 Å². The van der Waals surface area contributed by atoms with Gasteiger partial charge in [-0.2, -0.15) is 0 Å². The van der Waals surface area contributed by atoms with E-state index in [2.05, 4.69) is 0 Å². The molecule has 0 aromatic carbocycles. The van der Waals surface area contributed by atoms with Gasteiger partial charge < -0.3 is 5.71 Å². The summed E-state index contributed by atoms with van der Waals surface area (Å²) >= 11 is 0. The van der Waals surface area contributed by atoms with Crippen molar-refractivity contribution in [2.24, 2.45) is 0 Å². The van der Waals surface area contributed by atoms with Crippen LogP contribution in [0.5, 0.6) is 0 Å². The Morgan fingerprint density at radius 3 is 1.25 bits per heavy atom. The van der Waals surface area contributed by atoms with Gasteiger partial charge in [0.25, 0.3) is 0 Å². The predicted molar refractivity (Wildman–Crippen MR) is 25.9 cm³/mol. The van der Waals surface area contributed by atoms with Gasteiger partial charge in [-0.15, -0.1) is 0 Å². The zero-order valence-corrected chi connectivity index (χ0v) is 11.7. The molecule has 0 atom stereocenters. The molecule has 0 aliphatic carbocycles. The van der Waals surface area contributed by atoms with Crippen LogP contribution in [0.2, 0.25) is 0 Å². The van der Waals surface area contributed by atoms with Crippen LogP contribution in [0.25, 0.3) is 0 Å². The summed E-state index contributed by atoms with van der Waals surface area (Å²) in [6, 6.07) is 0. The van der Waals surface area contributed by atoms with Gasteiger partial charge in [-0.3, -0.25) is 0 Å². The Morgan fingerprint density at radius 1 is 1.25 bits per heavy atom. The smallest absolute Gasteiger partial charge is 1.00 e. The molecular formula is H7CaMgSiZn. The van der Waals surface area contributed by atoms with Crippen molar-refractivity contribution in [3.63, 3.8) is 0 Å². The molecule has 1 radical (unpaired) electrons. The molecule has 0 spiro atoms. The third-order valence-corrected chi connectivity index (χ3v) is 0. The van der Waals surface area contributed by atoms with Crippen molar-refractivity contribution in [2.75, 3.05) is 0 Å². The van der Waals surface area contributed by atoms with Gasteiger partial charge in [0.1, 0.15) is 0 Å². The maximum absolute atomic E-state index is 0. The Labute approximate surface area is 95.4 Å².